The van der Waals surface area contributed by atoms with Crippen LogP contribution in [0.4, 0.5) is 5.69 Å². The highest BCUT2D eigenvalue weighted by molar-refractivity contribution is 6.34. The van der Waals surface area contributed by atoms with Crippen molar-refractivity contribution in [2.24, 2.45) is 11.8 Å². The van der Waals surface area contributed by atoms with Crippen LogP contribution in [0.1, 0.15) is 54.5 Å². The van der Waals surface area contributed by atoms with Crippen LogP contribution < -0.4 is 10.2 Å². The maximum absolute atomic E-state index is 15.1. The Morgan fingerprint density at radius 2 is 1.75 bits per heavy atom. The fourth-order valence-electron chi connectivity index (χ4n) is 8.18. The van der Waals surface area contributed by atoms with Crippen molar-refractivity contribution in [2.75, 3.05) is 24.6 Å². The smallest absolute Gasteiger partial charge is 0.313 e. The summed E-state index contributed by atoms with van der Waals surface area (Å²) in [7, 11) is 0. The third-order valence-electron chi connectivity index (χ3n) is 10.5. The second-order valence-electron chi connectivity index (χ2n) is 13.5. The number of para-hydroxylation sites is 1. The van der Waals surface area contributed by atoms with Crippen LogP contribution >= 0.6 is 11.6 Å². The molecule has 1 spiro atoms. The first kappa shape index (κ1) is 37.0. The SMILES string of the molecule is C=CCCC(=O)NC[C@H](OC(=O)[C@@H]1[C@H]2C(=O)N([C@H](CO)c3ccccc3)[C@H](C(=O)N(CC=C)c3c(C)cccc3Cl)[C@]23CC[C@H]1O3)c1ccccc1. The van der Waals surface area contributed by atoms with Gasteiger partial charge in [-0.05, 0) is 48.9 Å². The molecule has 3 aromatic rings. The number of hydrogen-bond donors (Lipinski definition) is 2. The lowest BCUT2D eigenvalue weighted by Crippen LogP contribution is -2.57. The average molecular weight is 726 g/mol. The van der Waals surface area contributed by atoms with Gasteiger partial charge in [0, 0.05) is 13.0 Å². The molecule has 2 N–H and O–H groups in total. The highest BCUT2D eigenvalue weighted by Crippen LogP contribution is 2.60. The van der Waals surface area contributed by atoms with E-state index in [-0.39, 0.29) is 25.4 Å². The Morgan fingerprint density at radius 3 is 2.38 bits per heavy atom. The van der Waals surface area contributed by atoms with Crippen molar-refractivity contribution in [3.05, 3.63) is 126 Å². The van der Waals surface area contributed by atoms with Gasteiger partial charge in [0.1, 0.15) is 17.7 Å². The van der Waals surface area contributed by atoms with Crippen LogP contribution in [-0.2, 0) is 28.7 Å². The van der Waals surface area contributed by atoms with Crippen LogP contribution in [0, 0.1) is 18.8 Å². The van der Waals surface area contributed by atoms with Crippen molar-refractivity contribution in [3.8, 4) is 0 Å². The van der Waals surface area contributed by atoms with E-state index in [0.717, 1.165) is 5.56 Å². The summed E-state index contributed by atoms with van der Waals surface area (Å²) in [4.78, 5) is 59.9. The minimum Gasteiger partial charge on any atom is -0.455 e. The predicted octanol–water partition coefficient (Wildman–Crippen LogP) is 5.64. The number of benzene rings is 3. The molecule has 3 aliphatic rings. The number of hydrogen-bond acceptors (Lipinski definition) is 7. The third-order valence-corrected chi connectivity index (χ3v) is 10.8. The molecule has 52 heavy (non-hydrogen) atoms. The van der Waals surface area contributed by atoms with Gasteiger partial charge in [0.05, 0.1) is 47.8 Å². The van der Waals surface area contributed by atoms with E-state index in [9.17, 15) is 19.5 Å². The van der Waals surface area contributed by atoms with E-state index >= 15 is 4.79 Å². The number of anilines is 1. The maximum atomic E-state index is 15.1. The Morgan fingerprint density at radius 1 is 1.06 bits per heavy atom. The number of esters is 1. The van der Waals surface area contributed by atoms with Crippen molar-refractivity contribution in [3.63, 3.8) is 0 Å². The fourth-order valence-corrected chi connectivity index (χ4v) is 8.50. The Balaban J connectivity index is 1.39. The van der Waals surface area contributed by atoms with E-state index in [4.69, 9.17) is 21.1 Å². The van der Waals surface area contributed by atoms with E-state index in [1.54, 1.807) is 60.7 Å². The number of carbonyl (C=O) groups is 4. The molecule has 0 aliphatic carbocycles. The molecule has 0 aromatic heterocycles. The van der Waals surface area contributed by atoms with Crippen LogP contribution in [-0.4, -0.2) is 71.1 Å². The molecule has 6 rings (SSSR count). The summed E-state index contributed by atoms with van der Waals surface area (Å²) < 4.78 is 12.9. The lowest BCUT2D eigenvalue weighted by molar-refractivity contribution is -0.161. The van der Waals surface area contributed by atoms with Gasteiger partial charge in [-0.15, -0.1) is 13.2 Å². The van der Waals surface area contributed by atoms with Gasteiger partial charge in [-0.1, -0.05) is 96.5 Å². The number of nitrogens with one attached hydrogen (secondary N) is 1. The van der Waals surface area contributed by atoms with Gasteiger partial charge in [-0.2, -0.15) is 0 Å². The first-order valence-corrected chi connectivity index (χ1v) is 18.0. The number of fused-ring (bicyclic) bond motifs is 1. The zero-order chi connectivity index (χ0) is 37.0. The zero-order valence-electron chi connectivity index (χ0n) is 29.2. The number of carbonyl (C=O) groups excluding carboxylic acids is 4. The number of nitrogens with zero attached hydrogens (tertiary/aromatic N) is 2. The van der Waals surface area contributed by atoms with Crippen LogP contribution in [0.5, 0.6) is 0 Å². The van der Waals surface area contributed by atoms with Gasteiger partial charge < -0.3 is 29.7 Å². The maximum Gasteiger partial charge on any atom is 0.313 e. The molecule has 3 saturated heterocycles. The Labute approximate surface area is 309 Å². The largest absolute Gasteiger partial charge is 0.455 e. The molecule has 0 unspecified atom stereocenters. The fraction of sp³-hybridized carbons (Fsp3) is 0.366. The molecule has 3 amide bonds. The number of halogens is 1. The summed E-state index contributed by atoms with van der Waals surface area (Å²) in [6.45, 7) is 9.03. The Bertz CT molecular complexity index is 1800. The summed E-state index contributed by atoms with van der Waals surface area (Å²) in [5, 5.41) is 14.1. The zero-order valence-corrected chi connectivity index (χ0v) is 29.9. The molecular formula is C41H44ClN3O7. The minimum absolute atomic E-state index is 0.0231. The molecule has 3 aromatic carbocycles. The van der Waals surface area contributed by atoms with Gasteiger partial charge >= 0.3 is 5.97 Å². The summed E-state index contributed by atoms with van der Waals surface area (Å²) in [6.07, 6.45) is 3.21. The van der Waals surface area contributed by atoms with Crippen LogP contribution in [0.3, 0.4) is 0 Å². The molecule has 11 heteroatoms. The number of ether oxygens (including phenoxy) is 2. The summed E-state index contributed by atoms with van der Waals surface area (Å²) in [5.74, 6) is -3.90. The van der Waals surface area contributed by atoms with E-state index in [1.807, 2.05) is 37.3 Å². The predicted molar refractivity (Wildman–Crippen MR) is 197 cm³/mol. The van der Waals surface area contributed by atoms with Crippen molar-refractivity contribution in [1.82, 2.24) is 10.2 Å². The van der Waals surface area contributed by atoms with Crippen molar-refractivity contribution in [2.45, 2.75) is 62.5 Å². The topological polar surface area (TPSA) is 125 Å². The molecule has 0 saturated carbocycles. The molecule has 7 atom stereocenters. The van der Waals surface area contributed by atoms with E-state index < -0.39 is 66.1 Å². The summed E-state index contributed by atoms with van der Waals surface area (Å²) in [6, 6.07) is 21.3. The highest BCUT2D eigenvalue weighted by Gasteiger charge is 2.76. The second kappa shape index (κ2) is 15.9. The number of rotatable bonds is 15. The second-order valence-corrected chi connectivity index (χ2v) is 13.9. The van der Waals surface area contributed by atoms with Gasteiger partial charge in [-0.3, -0.25) is 19.2 Å². The highest BCUT2D eigenvalue weighted by atomic mass is 35.5. The number of aryl methyl sites for hydroxylation is 1. The van der Waals surface area contributed by atoms with Crippen LogP contribution in [0.2, 0.25) is 5.02 Å². The molecule has 272 valence electrons. The van der Waals surface area contributed by atoms with Crippen molar-refractivity contribution >= 4 is 41.0 Å². The number of amides is 3. The van der Waals surface area contributed by atoms with Crippen molar-refractivity contribution in [1.29, 1.82) is 0 Å². The minimum atomic E-state index is -1.39. The quantitative estimate of drug-likeness (QED) is 0.153. The lowest BCUT2D eigenvalue weighted by atomic mass is 9.70. The third kappa shape index (κ3) is 6.78. The lowest BCUT2D eigenvalue weighted by Gasteiger charge is -2.39. The number of likely N-dealkylation sites (tertiary alicyclic amines) is 1. The molecule has 3 heterocycles. The average Bonchev–Trinajstić information content (AvgIpc) is 3.80. The standard InChI is InChI=1S/C41H44ClN3O7/c1-4-6-20-33(47)43-24-32(28-17-11-8-12-18-28)51-40(50)34-31-21-22-41(52-31)35(34)38(48)45(30(25-46)27-15-9-7-10-16-27)37(41)39(49)44(23-5-2)36-26(3)14-13-19-29(36)42/h4-5,7-19,30-32,34-35,37,46H,1-2,6,20-25H2,3H3,(H,43,47)/t30-,31-,32+,34+,35+,37-,41+/m1/s1. The van der Waals surface area contributed by atoms with Gasteiger partial charge in [0.15, 0.2) is 0 Å². The van der Waals surface area contributed by atoms with Crippen molar-refractivity contribution < 1.29 is 33.8 Å². The molecule has 3 aliphatic heterocycles. The molecule has 3 fully saturated rings. The van der Waals surface area contributed by atoms with Gasteiger partial charge in [0.25, 0.3) is 5.91 Å². The number of aliphatic hydroxyl groups excluding tert-OH is 1. The first-order valence-electron chi connectivity index (χ1n) is 17.6. The van der Waals surface area contributed by atoms with Crippen LogP contribution in [0.25, 0.3) is 0 Å². The van der Waals surface area contributed by atoms with E-state index in [1.165, 1.54) is 9.80 Å². The Hall–Kier alpha value is -4.77. The monoisotopic (exact) mass is 725 g/mol. The number of aliphatic hydroxyl groups is 1. The van der Waals surface area contributed by atoms with Gasteiger partial charge in [0.2, 0.25) is 11.8 Å². The molecular weight excluding hydrogens is 682 g/mol. The van der Waals surface area contributed by atoms with E-state index in [0.29, 0.717) is 41.1 Å². The molecule has 10 nitrogen and oxygen atoms in total. The number of allylic oxidation sites excluding steroid dienone is 1. The summed E-state index contributed by atoms with van der Waals surface area (Å²) in [5.41, 5.74) is 1.13. The normalized spacial score (nSPS) is 24.1. The molecule has 2 bridgehead atoms. The Kier molecular flexibility index (Phi) is 11.3. The van der Waals surface area contributed by atoms with E-state index in [2.05, 4.69) is 18.5 Å². The van der Waals surface area contributed by atoms with Gasteiger partial charge in [-0.25, -0.2) is 0 Å². The first-order chi connectivity index (χ1) is 25.2. The summed E-state index contributed by atoms with van der Waals surface area (Å²) >= 11 is 6.71. The molecule has 0 radical (unpaired) electrons. The van der Waals surface area contributed by atoms with Crippen LogP contribution in [0.15, 0.2) is 104 Å².